The summed E-state index contributed by atoms with van der Waals surface area (Å²) in [5.41, 5.74) is 0.749. The zero-order valence-electron chi connectivity index (χ0n) is 14.1. The normalized spacial score (nSPS) is 28.0. The largest absolute Gasteiger partial charge is 0.444 e. The highest BCUT2D eigenvalue weighted by molar-refractivity contribution is 5.69. The van der Waals surface area contributed by atoms with Crippen LogP contribution in [0.4, 0.5) is 4.79 Å². The summed E-state index contributed by atoms with van der Waals surface area (Å²) >= 11 is 0. The summed E-state index contributed by atoms with van der Waals surface area (Å²) < 4.78 is 5.39. The third-order valence-electron chi connectivity index (χ3n) is 4.58. The highest BCUT2D eigenvalue weighted by Crippen LogP contribution is 2.36. The molecule has 0 spiro atoms. The average Bonchev–Trinajstić information content (AvgIpc) is 2.98. The summed E-state index contributed by atoms with van der Waals surface area (Å²) in [5.74, 6) is 0.437. The monoisotopic (exact) mass is 318 g/mol. The minimum atomic E-state index is -0.740. The Morgan fingerprint density at radius 1 is 1.22 bits per heavy atom. The Bertz CT molecular complexity index is 555. The number of benzene rings is 1. The van der Waals surface area contributed by atoms with Crippen LogP contribution < -0.4 is 0 Å². The van der Waals surface area contributed by atoms with Gasteiger partial charge in [-0.1, -0.05) is 30.3 Å². The molecule has 3 rings (SSSR count). The first-order chi connectivity index (χ1) is 10.8. The minimum absolute atomic E-state index is 0.117. The van der Waals surface area contributed by atoms with Gasteiger partial charge in [-0.3, -0.25) is 9.80 Å². The van der Waals surface area contributed by atoms with Gasteiger partial charge in [0.15, 0.2) is 0 Å². The summed E-state index contributed by atoms with van der Waals surface area (Å²) in [6.07, 6.45) is -1.15. The third-order valence-corrected chi connectivity index (χ3v) is 4.58. The number of aliphatic hydroxyl groups is 1. The maximum atomic E-state index is 12.2. The van der Waals surface area contributed by atoms with E-state index in [0.717, 1.165) is 19.6 Å². The predicted octanol–water partition coefficient (Wildman–Crippen LogP) is 2.30. The highest BCUT2D eigenvalue weighted by Gasteiger charge is 2.48. The molecule has 2 heterocycles. The number of likely N-dealkylation sites (tertiary alicyclic amines) is 2. The molecule has 3 atom stereocenters. The number of nitrogens with zero attached hydrogens (tertiary/aromatic N) is 2. The number of hydrogen-bond donors (Lipinski definition) is 1. The molecule has 1 aromatic carbocycles. The molecule has 23 heavy (non-hydrogen) atoms. The first kappa shape index (κ1) is 16.3. The van der Waals surface area contributed by atoms with Crippen molar-refractivity contribution in [3.63, 3.8) is 0 Å². The predicted molar refractivity (Wildman–Crippen MR) is 87.6 cm³/mol. The summed E-state index contributed by atoms with van der Waals surface area (Å²) in [6.45, 7) is 8.73. The fraction of sp³-hybridized carbons (Fsp3) is 0.611. The summed E-state index contributed by atoms with van der Waals surface area (Å²) in [5, 5.41) is 10.5. The van der Waals surface area contributed by atoms with Gasteiger partial charge in [-0.15, -0.1) is 0 Å². The fourth-order valence-electron chi connectivity index (χ4n) is 3.59. The van der Waals surface area contributed by atoms with Crippen molar-refractivity contribution in [1.29, 1.82) is 0 Å². The first-order valence-corrected chi connectivity index (χ1v) is 8.27. The van der Waals surface area contributed by atoms with E-state index < -0.39 is 17.9 Å². The topological polar surface area (TPSA) is 53.0 Å². The van der Waals surface area contributed by atoms with Crippen LogP contribution in [0.5, 0.6) is 0 Å². The van der Waals surface area contributed by atoms with E-state index in [1.54, 1.807) is 0 Å². The van der Waals surface area contributed by atoms with Gasteiger partial charge in [0.25, 0.3) is 0 Å². The molecule has 3 unspecified atom stereocenters. The van der Waals surface area contributed by atoms with E-state index in [2.05, 4.69) is 17.0 Å². The Balaban J connectivity index is 1.58. The molecule has 1 aromatic rings. The quantitative estimate of drug-likeness (QED) is 0.909. The van der Waals surface area contributed by atoms with Gasteiger partial charge in [0.2, 0.25) is 0 Å². The van der Waals surface area contributed by atoms with Crippen LogP contribution in [0.2, 0.25) is 0 Å². The van der Waals surface area contributed by atoms with Crippen LogP contribution >= 0.6 is 0 Å². The number of ether oxygens (including phenoxy) is 1. The van der Waals surface area contributed by atoms with Crippen molar-refractivity contribution >= 4 is 6.09 Å². The van der Waals surface area contributed by atoms with Gasteiger partial charge in [0, 0.05) is 32.1 Å². The number of fused-ring (bicyclic) bond motifs is 1. The second-order valence-corrected chi connectivity index (χ2v) is 7.65. The summed E-state index contributed by atoms with van der Waals surface area (Å²) in [4.78, 5) is 16.1. The second-order valence-electron chi connectivity index (χ2n) is 7.65. The molecule has 1 N–H and O–H groups in total. The van der Waals surface area contributed by atoms with Gasteiger partial charge >= 0.3 is 6.09 Å². The lowest BCUT2D eigenvalue weighted by Gasteiger charge is -2.28. The molecule has 0 radical (unpaired) electrons. The Morgan fingerprint density at radius 2 is 1.91 bits per heavy atom. The van der Waals surface area contributed by atoms with Gasteiger partial charge in [-0.2, -0.15) is 0 Å². The highest BCUT2D eigenvalue weighted by atomic mass is 16.6. The third kappa shape index (κ3) is 3.67. The molecule has 0 saturated carbocycles. The molecule has 2 aliphatic heterocycles. The number of aliphatic hydroxyl groups excluding tert-OH is 1. The maximum Gasteiger partial charge on any atom is 0.412 e. The molecule has 2 saturated heterocycles. The average molecular weight is 318 g/mol. The standard InChI is InChI=1S/C18H26N2O3/c1-18(2,3)23-17(22)20-11-14-10-19(12-15(14)16(20)21)9-13-7-5-4-6-8-13/h4-8,14-16,21H,9-12H2,1-3H3. The lowest BCUT2D eigenvalue weighted by atomic mass is 10.00. The summed E-state index contributed by atoms with van der Waals surface area (Å²) in [6, 6.07) is 10.4. The van der Waals surface area contributed by atoms with Crippen molar-refractivity contribution in [3.8, 4) is 0 Å². The van der Waals surface area contributed by atoms with Crippen LogP contribution in [0.15, 0.2) is 30.3 Å². The molecule has 2 fully saturated rings. The van der Waals surface area contributed by atoms with Crippen LogP contribution in [-0.2, 0) is 11.3 Å². The molecule has 2 aliphatic rings. The Morgan fingerprint density at radius 3 is 2.52 bits per heavy atom. The lowest BCUT2D eigenvalue weighted by molar-refractivity contribution is -0.0274. The Kier molecular flexibility index (Phi) is 4.34. The maximum absolute atomic E-state index is 12.2. The molecular formula is C18H26N2O3. The number of amides is 1. The molecule has 0 bridgehead atoms. The van der Waals surface area contributed by atoms with E-state index >= 15 is 0 Å². The molecule has 126 valence electrons. The SMILES string of the molecule is CC(C)(C)OC(=O)N1CC2CN(Cc3ccccc3)CC2C1O. The first-order valence-electron chi connectivity index (χ1n) is 8.27. The van der Waals surface area contributed by atoms with Crippen molar-refractivity contribution < 1.29 is 14.6 Å². The van der Waals surface area contributed by atoms with Gasteiger partial charge in [0.05, 0.1) is 0 Å². The van der Waals surface area contributed by atoms with Crippen LogP contribution in [0.3, 0.4) is 0 Å². The van der Waals surface area contributed by atoms with Gasteiger partial charge < -0.3 is 9.84 Å². The summed E-state index contributed by atoms with van der Waals surface area (Å²) in [7, 11) is 0. The van der Waals surface area contributed by atoms with Crippen molar-refractivity contribution in [2.24, 2.45) is 11.8 Å². The molecule has 0 aromatic heterocycles. The van der Waals surface area contributed by atoms with E-state index in [9.17, 15) is 9.90 Å². The fourth-order valence-corrected chi connectivity index (χ4v) is 3.59. The van der Waals surface area contributed by atoms with Crippen molar-refractivity contribution in [1.82, 2.24) is 9.80 Å². The zero-order valence-corrected chi connectivity index (χ0v) is 14.1. The van der Waals surface area contributed by atoms with Crippen LogP contribution in [0.25, 0.3) is 0 Å². The van der Waals surface area contributed by atoms with Gasteiger partial charge in [0.1, 0.15) is 11.8 Å². The van der Waals surface area contributed by atoms with E-state index in [1.807, 2.05) is 39.0 Å². The van der Waals surface area contributed by atoms with E-state index in [0.29, 0.717) is 12.5 Å². The van der Waals surface area contributed by atoms with Crippen LogP contribution in [0, 0.1) is 11.8 Å². The van der Waals surface area contributed by atoms with E-state index in [4.69, 9.17) is 4.74 Å². The van der Waals surface area contributed by atoms with Crippen molar-refractivity contribution in [2.45, 2.75) is 39.1 Å². The van der Waals surface area contributed by atoms with E-state index in [1.165, 1.54) is 10.5 Å². The molecule has 1 amide bonds. The smallest absolute Gasteiger partial charge is 0.412 e. The lowest BCUT2D eigenvalue weighted by Crippen LogP contribution is -2.43. The Hall–Kier alpha value is -1.59. The molecular weight excluding hydrogens is 292 g/mol. The van der Waals surface area contributed by atoms with Crippen molar-refractivity contribution in [3.05, 3.63) is 35.9 Å². The molecule has 0 aliphatic carbocycles. The number of carbonyl (C=O) groups excluding carboxylic acids is 1. The zero-order chi connectivity index (χ0) is 16.6. The Labute approximate surface area is 137 Å². The van der Waals surface area contributed by atoms with Crippen LogP contribution in [0.1, 0.15) is 26.3 Å². The number of rotatable bonds is 2. The van der Waals surface area contributed by atoms with Crippen molar-refractivity contribution in [2.75, 3.05) is 19.6 Å². The minimum Gasteiger partial charge on any atom is -0.444 e. The number of hydrogen-bond acceptors (Lipinski definition) is 4. The molecule has 5 heteroatoms. The second kappa shape index (κ2) is 6.13. The molecule has 5 nitrogen and oxygen atoms in total. The van der Waals surface area contributed by atoms with Gasteiger partial charge in [-0.05, 0) is 32.3 Å². The van der Waals surface area contributed by atoms with E-state index in [-0.39, 0.29) is 5.92 Å². The van der Waals surface area contributed by atoms with Crippen LogP contribution in [-0.4, -0.2) is 52.5 Å². The van der Waals surface area contributed by atoms with Gasteiger partial charge in [-0.25, -0.2) is 4.79 Å². The number of carbonyl (C=O) groups is 1.